The van der Waals surface area contributed by atoms with Crippen LogP contribution in [0.2, 0.25) is 0 Å². The summed E-state index contributed by atoms with van der Waals surface area (Å²) in [5, 5.41) is 0. The van der Waals surface area contributed by atoms with Crippen LogP contribution in [0.15, 0.2) is 10.7 Å². The molecule has 7 nitrogen and oxygen atoms in total. The molecule has 0 saturated heterocycles. The molecule has 0 radical (unpaired) electrons. The summed E-state index contributed by atoms with van der Waals surface area (Å²) in [5.41, 5.74) is 0.782. The quantitative estimate of drug-likeness (QED) is 0.578. The van der Waals surface area contributed by atoms with E-state index in [-0.39, 0.29) is 25.6 Å². The van der Waals surface area contributed by atoms with Crippen LogP contribution >= 0.6 is 0 Å². The van der Waals surface area contributed by atoms with Gasteiger partial charge >= 0.3 is 17.9 Å². The maximum atomic E-state index is 11.7. The predicted molar refractivity (Wildman–Crippen MR) is 65.6 cm³/mol. The SMILES string of the molecule is CCOC(=O)c1occ(COC(C)=O)c1COC(C)=O. The van der Waals surface area contributed by atoms with Gasteiger partial charge in [-0.1, -0.05) is 0 Å². The molecule has 0 aliphatic rings. The van der Waals surface area contributed by atoms with Crippen molar-refractivity contribution in [1.29, 1.82) is 0 Å². The van der Waals surface area contributed by atoms with Gasteiger partial charge in [0, 0.05) is 25.0 Å². The van der Waals surface area contributed by atoms with Crippen LogP contribution in [0, 0.1) is 0 Å². The Labute approximate surface area is 115 Å². The second kappa shape index (κ2) is 7.32. The van der Waals surface area contributed by atoms with E-state index in [1.807, 2.05) is 0 Å². The van der Waals surface area contributed by atoms with Crippen molar-refractivity contribution in [3.05, 3.63) is 23.2 Å². The van der Waals surface area contributed by atoms with Gasteiger partial charge in [-0.3, -0.25) is 9.59 Å². The summed E-state index contributed by atoms with van der Waals surface area (Å²) < 4.78 is 19.6. The Balaban J connectivity index is 2.95. The van der Waals surface area contributed by atoms with E-state index in [1.54, 1.807) is 6.92 Å². The number of furan rings is 1. The molecule has 0 bridgehead atoms. The fourth-order valence-electron chi connectivity index (χ4n) is 1.42. The molecule has 0 aliphatic heterocycles. The summed E-state index contributed by atoms with van der Waals surface area (Å²) in [6.07, 6.45) is 1.27. The Kier molecular flexibility index (Phi) is 5.76. The summed E-state index contributed by atoms with van der Waals surface area (Å²) >= 11 is 0. The molecule has 1 rings (SSSR count). The van der Waals surface area contributed by atoms with Crippen LogP contribution in [0.3, 0.4) is 0 Å². The number of carbonyl (C=O) groups excluding carboxylic acids is 3. The van der Waals surface area contributed by atoms with Gasteiger partial charge < -0.3 is 18.6 Å². The minimum absolute atomic E-state index is 0.0600. The van der Waals surface area contributed by atoms with Crippen molar-refractivity contribution in [2.45, 2.75) is 34.0 Å². The van der Waals surface area contributed by atoms with Crippen LogP contribution in [0.4, 0.5) is 0 Å². The van der Waals surface area contributed by atoms with E-state index in [0.717, 1.165) is 0 Å². The van der Waals surface area contributed by atoms with Gasteiger partial charge in [0.05, 0.1) is 12.9 Å². The molecule has 0 saturated carbocycles. The molecular weight excluding hydrogens is 268 g/mol. The Bertz CT molecular complexity index is 501. The molecular formula is C13H16O7. The fraction of sp³-hybridized carbons (Fsp3) is 0.462. The number of hydrogen-bond acceptors (Lipinski definition) is 7. The van der Waals surface area contributed by atoms with E-state index in [0.29, 0.717) is 11.1 Å². The molecule has 0 aliphatic carbocycles. The van der Waals surface area contributed by atoms with E-state index in [1.165, 1.54) is 20.1 Å². The Morgan fingerprint density at radius 3 is 2.20 bits per heavy atom. The van der Waals surface area contributed by atoms with Gasteiger partial charge in [-0.25, -0.2) is 4.79 Å². The van der Waals surface area contributed by atoms with E-state index < -0.39 is 17.9 Å². The first kappa shape index (κ1) is 15.7. The summed E-state index contributed by atoms with van der Waals surface area (Å²) in [5.74, 6) is -1.69. The topological polar surface area (TPSA) is 92.0 Å². The Morgan fingerprint density at radius 2 is 1.65 bits per heavy atom. The Hall–Kier alpha value is -2.31. The van der Waals surface area contributed by atoms with Crippen LogP contribution < -0.4 is 0 Å². The summed E-state index contributed by atoms with van der Waals surface area (Å²) in [6, 6.07) is 0. The lowest BCUT2D eigenvalue weighted by atomic mass is 10.1. The average molecular weight is 284 g/mol. The maximum Gasteiger partial charge on any atom is 0.374 e. The monoisotopic (exact) mass is 284 g/mol. The molecule has 0 spiro atoms. The molecule has 0 aromatic carbocycles. The van der Waals surface area contributed by atoms with Gasteiger partial charge in [-0.05, 0) is 6.92 Å². The second-order valence-electron chi connectivity index (χ2n) is 3.85. The van der Waals surface area contributed by atoms with Gasteiger partial charge in [0.15, 0.2) is 0 Å². The number of rotatable bonds is 6. The molecule has 0 amide bonds. The number of carbonyl (C=O) groups is 3. The highest BCUT2D eigenvalue weighted by atomic mass is 16.6. The van der Waals surface area contributed by atoms with Gasteiger partial charge in [0.2, 0.25) is 5.76 Å². The first-order chi connectivity index (χ1) is 9.45. The normalized spacial score (nSPS) is 9.95. The van der Waals surface area contributed by atoms with Crippen LogP contribution in [0.1, 0.15) is 42.5 Å². The van der Waals surface area contributed by atoms with Gasteiger partial charge in [0.1, 0.15) is 13.2 Å². The molecule has 0 atom stereocenters. The molecule has 1 aromatic heterocycles. The number of ether oxygens (including phenoxy) is 3. The molecule has 0 fully saturated rings. The van der Waals surface area contributed by atoms with Crippen molar-refractivity contribution in [2.24, 2.45) is 0 Å². The van der Waals surface area contributed by atoms with Gasteiger partial charge in [-0.2, -0.15) is 0 Å². The first-order valence-corrected chi connectivity index (χ1v) is 5.98. The lowest BCUT2D eigenvalue weighted by Gasteiger charge is -2.06. The lowest BCUT2D eigenvalue weighted by molar-refractivity contribution is -0.143. The molecule has 1 aromatic rings. The van der Waals surface area contributed by atoms with E-state index >= 15 is 0 Å². The molecule has 7 heteroatoms. The zero-order chi connectivity index (χ0) is 15.1. The molecule has 110 valence electrons. The fourth-order valence-corrected chi connectivity index (χ4v) is 1.42. The van der Waals surface area contributed by atoms with Crippen molar-refractivity contribution >= 4 is 17.9 Å². The minimum Gasteiger partial charge on any atom is -0.461 e. The van der Waals surface area contributed by atoms with E-state index in [9.17, 15) is 14.4 Å². The van der Waals surface area contributed by atoms with E-state index in [4.69, 9.17) is 18.6 Å². The smallest absolute Gasteiger partial charge is 0.374 e. The van der Waals surface area contributed by atoms with Crippen molar-refractivity contribution in [3.63, 3.8) is 0 Å². The summed E-state index contributed by atoms with van der Waals surface area (Å²) in [6.45, 7) is 4.12. The van der Waals surface area contributed by atoms with Crippen LogP contribution in [-0.2, 0) is 37.0 Å². The summed E-state index contributed by atoms with van der Waals surface area (Å²) in [7, 11) is 0. The third-order valence-electron chi connectivity index (χ3n) is 2.29. The standard InChI is InChI=1S/C13H16O7/c1-4-17-13(16)12-11(7-19-9(3)15)10(6-20-12)5-18-8(2)14/h6H,4-5,7H2,1-3H3. The average Bonchev–Trinajstić information content (AvgIpc) is 2.77. The zero-order valence-electron chi connectivity index (χ0n) is 11.6. The second-order valence-corrected chi connectivity index (χ2v) is 3.85. The third-order valence-corrected chi connectivity index (χ3v) is 2.29. The predicted octanol–water partition coefficient (Wildman–Crippen LogP) is 1.58. The highest BCUT2D eigenvalue weighted by molar-refractivity contribution is 5.88. The Morgan fingerprint density at radius 1 is 1.05 bits per heavy atom. The molecule has 0 unspecified atom stereocenters. The minimum atomic E-state index is -0.663. The van der Waals surface area contributed by atoms with Crippen molar-refractivity contribution in [1.82, 2.24) is 0 Å². The van der Waals surface area contributed by atoms with Crippen molar-refractivity contribution in [3.8, 4) is 0 Å². The van der Waals surface area contributed by atoms with Gasteiger partial charge in [-0.15, -0.1) is 0 Å². The lowest BCUT2D eigenvalue weighted by Crippen LogP contribution is -2.10. The van der Waals surface area contributed by atoms with E-state index in [2.05, 4.69) is 0 Å². The largest absolute Gasteiger partial charge is 0.461 e. The molecule has 20 heavy (non-hydrogen) atoms. The first-order valence-electron chi connectivity index (χ1n) is 5.98. The third kappa shape index (κ3) is 4.42. The highest BCUT2D eigenvalue weighted by Gasteiger charge is 2.22. The maximum absolute atomic E-state index is 11.7. The van der Waals surface area contributed by atoms with Crippen molar-refractivity contribution < 1.29 is 33.0 Å². The highest BCUT2D eigenvalue weighted by Crippen LogP contribution is 2.21. The van der Waals surface area contributed by atoms with Crippen molar-refractivity contribution in [2.75, 3.05) is 6.61 Å². The van der Waals surface area contributed by atoms with Gasteiger partial charge in [0.25, 0.3) is 0 Å². The van der Waals surface area contributed by atoms with Crippen LogP contribution in [0.25, 0.3) is 0 Å². The zero-order valence-corrected chi connectivity index (χ0v) is 11.6. The molecule has 1 heterocycles. The van der Waals surface area contributed by atoms with Crippen LogP contribution in [0.5, 0.6) is 0 Å². The summed E-state index contributed by atoms with van der Waals surface area (Å²) in [4.78, 5) is 33.4. The van der Waals surface area contributed by atoms with Crippen LogP contribution in [-0.4, -0.2) is 24.5 Å². The number of esters is 3. The number of hydrogen-bond donors (Lipinski definition) is 0. The molecule has 0 N–H and O–H groups in total.